The molecule has 0 fully saturated rings. The van der Waals surface area contributed by atoms with Gasteiger partial charge in [0, 0.05) is 21.7 Å². The van der Waals surface area contributed by atoms with E-state index in [1.165, 1.54) is 0 Å². The van der Waals surface area contributed by atoms with Crippen LogP contribution in [0.25, 0.3) is 0 Å². The van der Waals surface area contributed by atoms with Crippen molar-refractivity contribution in [2.45, 2.75) is 13.8 Å². The summed E-state index contributed by atoms with van der Waals surface area (Å²) in [5, 5.41) is 0. The fourth-order valence-electron chi connectivity index (χ4n) is 0. The third-order valence-electron chi connectivity index (χ3n) is 0. The molecule has 0 nitrogen and oxygen atoms in total. The van der Waals surface area contributed by atoms with Crippen LogP contribution in [-0.2, 0) is 21.7 Å². The predicted molar refractivity (Wildman–Crippen MR) is 15.6 cm³/mol. The zero-order chi connectivity index (χ0) is 2.71. The molecule has 0 aromatic rings. The van der Waals surface area contributed by atoms with Gasteiger partial charge in [0.1, 0.15) is 0 Å². The van der Waals surface area contributed by atoms with Crippen LogP contribution in [0.15, 0.2) is 0 Å². The van der Waals surface area contributed by atoms with E-state index < -0.39 is 0 Å². The fraction of sp³-hybridized carbons (Fsp3) is 0.667. The van der Waals surface area contributed by atoms with Crippen LogP contribution in [-0.4, -0.2) is 0 Å². The van der Waals surface area contributed by atoms with Crippen molar-refractivity contribution in [2.75, 3.05) is 0 Å². The summed E-state index contributed by atoms with van der Waals surface area (Å²) >= 11 is 0. The maximum absolute atomic E-state index is 2.00. The summed E-state index contributed by atoms with van der Waals surface area (Å²) in [7, 11) is 0. The van der Waals surface area contributed by atoms with Crippen LogP contribution >= 0.6 is 0 Å². The second kappa shape index (κ2) is 9.31. The minimum absolute atomic E-state index is 0. The van der Waals surface area contributed by atoms with Gasteiger partial charge in [-0.05, 0) is 0 Å². The largest absolute Gasteiger partial charge is 0.335 e. The minimum atomic E-state index is 0. The molecule has 0 saturated carbocycles. The van der Waals surface area contributed by atoms with Gasteiger partial charge in [0.25, 0.3) is 0 Å². The summed E-state index contributed by atoms with van der Waals surface area (Å²) in [6.45, 7) is 4.00. The topological polar surface area (TPSA) is 0 Å². The molecule has 0 amide bonds. The standard InChI is InChI=1S/C3H7.Ti/c1-3-2;/h3H,1-2H3;/q-1;. The maximum atomic E-state index is 2.00. The van der Waals surface area contributed by atoms with E-state index in [4.69, 9.17) is 0 Å². The summed E-state index contributed by atoms with van der Waals surface area (Å²) in [5.74, 6) is 0. The van der Waals surface area contributed by atoms with Gasteiger partial charge in [0.2, 0.25) is 0 Å². The van der Waals surface area contributed by atoms with Crippen LogP contribution in [0.2, 0.25) is 0 Å². The molecule has 0 unspecified atom stereocenters. The van der Waals surface area contributed by atoms with E-state index in [-0.39, 0.29) is 21.7 Å². The van der Waals surface area contributed by atoms with Crippen LogP contribution in [0.4, 0.5) is 0 Å². The molecule has 0 atom stereocenters. The fourth-order valence-corrected chi connectivity index (χ4v) is 0. The third kappa shape index (κ3) is 15.6. The summed E-state index contributed by atoms with van der Waals surface area (Å²) in [6, 6.07) is 0. The van der Waals surface area contributed by atoms with Crippen molar-refractivity contribution >= 4 is 0 Å². The quantitative estimate of drug-likeness (QED) is 0.310. The Balaban J connectivity index is 0. The van der Waals surface area contributed by atoms with Crippen molar-refractivity contribution in [3.05, 3.63) is 6.42 Å². The van der Waals surface area contributed by atoms with Crippen LogP contribution < -0.4 is 0 Å². The molecular formula is C3H7Ti-. The first-order valence-corrected chi connectivity index (χ1v) is 1.15. The molecule has 0 saturated heterocycles. The molecule has 24 valence electrons. The van der Waals surface area contributed by atoms with Crippen LogP contribution in [0.1, 0.15) is 13.8 Å². The molecular weight excluding hydrogens is 83.9 g/mol. The van der Waals surface area contributed by atoms with Crippen LogP contribution in [0.3, 0.4) is 0 Å². The van der Waals surface area contributed by atoms with Gasteiger partial charge >= 0.3 is 0 Å². The van der Waals surface area contributed by atoms with Crippen LogP contribution in [0, 0.1) is 6.42 Å². The molecule has 0 bridgehead atoms. The van der Waals surface area contributed by atoms with Gasteiger partial charge in [0.05, 0.1) is 0 Å². The molecule has 0 aliphatic carbocycles. The second-order valence-corrected chi connectivity index (χ2v) is 0.577. The first-order chi connectivity index (χ1) is 1.41. The summed E-state index contributed by atoms with van der Waals surface area (Å²) in [6.07, 6.45) is 2.00. The SMILES string of the molecule is C[CH-]C.[Ti]. The van der Waals surface area contributed by atoms with E-state index in [9.17, 15) is 0 Å². The smallest absolute Gasteiger partial charge is 0 e. The molecule has 0 heterocycles. The Morgan fingerprint density at radius 2 is 1.25 bits per heavy atom. The molecule has 0 rings (SSSR count). The Morgan fingerprint density at radius 1 is 1.25 bits per heavy atom. The molecule has 0 spiro atoms. The normalized spacial score (nSPS) is 4.50. The van der Waals surface area contributed by atoms with Gasteiger partial charge in [-0.25, -0.2) is 0 Å². The zero-order valence-electron chi connectivity index (χ0n) is 3.08. The minimum Gasteiger partial charge on any atom is -0.335 e. The van der Waals surface area contributed by atoms with E-state index in [0.717, 1.165) is 0 Å². The Bertz CT molecular complexity index is 3.25. The molecule has 0 aromatic heterocycles. The number of rotatable bonds is 0. The van der Waals surface area contributed by atoms with Gasteiger partial charge in [0.15, 0.2) is 0 Å². The van der Waals surface area contributed by atoms with Crippen molar-refractivity contribution in [1.29, 1.82) is 0 Å². The Hall–Kier alpha value is 0.714. The summed E-state index contributed by atoms with van der Waals surface area (Å²) in [4.78, 5) is 0. The Kier molecular flexibility index (Phi) is 20.6. The van der Waals surface area contributed by atoms with Gasteiger partial charge < -0.3 is 6.42 Å². The molecule has 0 aromatic carbocycles. The predicted octanol–water partition coefficient (Wildman–Crippen LogP) is 1.23. The van der Waals surface area contributed by atoms with E-state index in [2.05, 4.69) is 0 Å². The van der Waals surface area contributed by atoms with Crippen molar-refractivity contribution < 1.29 is 21.7 Å². The van der Waals surface area contributed by atoms with Gasteiger partial charge in [-0.15, -0.1) is 0 Å². The average Bonchev–Trinajstić information content (AvgIpc) is 0.918. The average molecular weight is 91.0 g/mol. The molecule has 0 aliphatic heterocycles. The summed E-state index contributed by atoms with van der Waals surface area (Å²) in [5.41, 5.74) is 0. The van der Waals surface area contributed by atoms with Gasteiger partial charge in [-0.3, -0.25) is 0 Å². The maximum Gasteiger partial charge on any atom is 0 e. The third-order valence-corrected chi connectivity index (χ3v) is 0. The molecule has 1 heteroatoms. The van der Waals surface area contributed by atoms with E-state index in [1.807, 2.05) is 20.3 Å². The zero-order valence-corrected chi connectivity index (χ0v) is 4.64. The monoisotopic (exact) mass is 91.0 g/mol. The molecule has 4 heavy (non-hydrogen) atoms. The second-order valence-electron chi connectivity index (χ2n) is 0.577. The van der Waals surface area contributed by atoms with Crippen molar-refractivity contribution in [3.63, 3.8) is 0 Å². The van der Waals surface area contributed by atoms with E-state index in [1.54, 1.807) is 0 Å². The Morgan fingerprint density at radius 3 is 1.25 bits per heavy atom. The molecule has 0 N–H and O–H groups in total. The van der Waals surface area contributed by atoms with E-state index >= 15 is 0 Å². The van der Waals surface area contributed by atoms with Gasteiger partial charge in [-0.2, -0.15) is 13.8 Å². The van der Waals surface area contributed by atoms with E-state index in [0.29, 0.717) is 0 Å². The Labute approximate surface area is 42.5 Å². The first kappa shape index (κ1) is 8.83. The number of hydrogen-bond donors (Lipinski definition) is 0. The van der Waals surface area contributed by atoms with Crippen molar-refractivity contribution in [3.8, 4) is 0 Å². The first-order valence-electron chi connectivity index (χ1n) is 1.15. The van der Waals surface area contributed by atoms with Crippen molar-refractivity contribution in [2.24, 2.45) is 0 Å². The van der Waals surface area contributed by atoms with Crippen LogP contribution in [0.5, 0.6) is 0 Å². The number of hydrogen-bond acceptors (Lipinski definition) is 0. The van der Waals surface area contributed by atoms with Crippen molar-refractivity contribution in [1.82, 2.24) is 0 Å². The van der Waals surface area contributed by atoms with Gasteiger partial charge in [-0.1, -0.05) is 0 Å². The summed E-state index contributed by atoms with van der Waals surface area (Å²) < 4.78 is 0. The molecule has 0 radical (unpaired) electrons. The molecule has 0 aliphatic rings.